The molecule has 1 heterocycles. The highest BCUT2D eigenvalue weighted by atomic mass is 16.5. The molecule has 1 amide bonds. The van der Waals surface area contributed by atoms with E-state index in [2.05, 4.69) is 6.08 Å². The Morgan fingerprint density at radius 3 is 2.36 bits per heavy atom. The Kier molecular flexibility index (Phi) is 4.97. The van der Waals surface area contributed by atoms with Gasteiger partial charge in [-0.05, 0) is 36.5 Å². The van der Waals surface area contributed by atoms with Crippen molar-refractivity contribution in [1.29, 1.82) is 0 Å². The molecule has 134 valence electrons. The summed E-state index contributed by atoms with van der Waals surface area (Å²) in [6.07, 6.45) is 4.10. The van der Waals surface area contributed by atoms with Crippen LogP contribution in [0.25, 0.3) is 0 Å². The lowest BCUT2D eigenvalue weighted by Crippen LogP contribution is -2.38. The highest BCUT2D eigenvalue weighted by molar-refractivity contribution is 6.13. The number of amides is 1. The number of fused-ring (bicyclic) bond motifs is 1. The molecule has 0 saturated carbocycles. The van der Waals surface area contributed by atoms with E-state index in [9.17, 15) is 9.59 Å². The first kappa shape index (κ1) is 17.3. The van der Waals surface area contributed by atoms with E-state index in [4.69, 9.17) is 14.2 Å². The Morgan fingerprint density at radius 2 is 1.76 bits per heavy atom. The number of carbonyl (C=O) groups excluding carboxylic acids is 2. The molecule has 0 atom stereocenters. The second kappa shape index (κ2) is 7.17. The third kappa shape index (κ3) is 3.34. The summed E-state index contributed by atoms with van der Waals surface area (Å²) in [4.78, 5) is 26.0. The van der Waals surface area contributed by atoms with Crippen molar-refractivity contribution < 1.29 is 23.8 Å². The molecule has 0 N–H and O–H groups in total. The highest BCUT2D eigenvalue weighted by Crippen LogP contribution is 2.37. The van der Waals surface area contributed by atoms with E-state index < -0.39 is 0 Å². The third-order valence-corrected chi connectivity index (χ3v) is 4.94. The van der Waals surface area contributed by atoms with Crippen LogP contribution >= 0.6 is 0 Å². The second-order valence-electron chi connectivity index (χ2n) is 6.36. The van der Waals surface area contributed by atoms with Crippen LogP contribution in [0.1, 0.15) is 28.8 Å². The van der Waals surface area contributed by atoms with Crippen LogP contribution in [-0.4, -0.2) is 51.2 Å². The molecule has 1 aliphatic carbocycles. The molecule has 6 heteroatoms. The minimum atomic E-state index is -0.283. The molecule has 0 radical (unpaired) electrons. The lowest BCUT2D eigenvalue weighted by atomic mass is 9.93. The van der Waals surface area contributed by atoms with Gasteiger partial charge in [-0.3, -0.25) is 4.79 Å². The van der Waals surface area contributed by atoms with Crippen LogP contribution in [-0.2, 0) is 11.2 Å². The molecule has 1 saturated heterocycles. The summed E-state index contributed by atoms with van der Waals surface area (Å²) >= 11 is 0. The Balaban J connectivity index is 1.74. The summed E-state index contributed by atoms with van der Waals surface area (Å²) < 4.78 is 15.4. The molecule has 3 rings (SSSR count). The second-order valence-corrected chi connectivity index (χ2v) is 6.36. The molecule has 1 aromatic rings. The van der Waals surface area contributed by atoms with E-state index in [1.165, 1.54) is 7.11 Å². The summed E-state index contributed by atoms with van der Waals surface area (Å²) in [5.74, 6) is 1.58. The summed E-state index contributed by atoms with van der Waals surface area (Å²) in [7, 11) is 4.55. The first-order valence-corrected chi connectivity index (χ1v) is 8.40. The topological polar surface area (TPSA) is 65.1 Å². The van der Waals surface area contributed by atoms with Gasteiger partial charge in [0.05, 0.1) is 21.3 Å². The van der Waals surface area contributed by atoms with Gasteiger partial charge in [-0.15, -0.1) is 0 Å². The number of methoxy groups -OCH3 is 3. The van der Waals surface area contributed by atoms with Crippen LogP contribution < -0.4 is 9.47 Å². The van der Waals surface area contributed by atoms with Crippen LogP contribution in [0.3, 0.4) is 0 Å². The summed E-state index contributed by atoms with van der Waals surface area (Å²) in [5, 5.41) is 0. The molecule has 0 aromatic heterocycles. The monoisotopic (exact) mass is 345 g/mol. The third-order valence-electron chi connectivity index (χ3n) is 4.94. The molecular weight excluding hydrogens is 322 g/mol. The molecule has 2 aliphatic rings. The first-order valence-electron chi connectivity index (χ1n) is 8.40. The van der Waals surface area contributed by atoms with Gasteiger partial charge >= 0.3 is 6.09 Å². The van der Waals surface area contributed by atoms with E-state index in [-0.39, 0.29) is 11.9 Å². The van der Waals surface area contributed by atoms with Gasteiger partial charge in [-0.2, -0.15) is 0 Å². The van der Waals surface area contributed by atoms with E-state index in [1.54, 1.807) is 25.2 Å². The Bertz CT molecular complexity index is 717. The summed E-state index contributed by atoms with van der Waals surface area (Å²) in [5.41, 5.74) is 2.48. The zero-order valence-electron chi connectivity index (χ0n) is 14.8. The van der Waals surface area contributed by atoms with Crippen molar-refractivity contribution in [2.24, 2.45) is 5.92 Å². The van der Waals surface area contributed by atoms with Gasteiger partial charge in [-0.1, -0.05) is 6.08 Å². The maximum Gasteiger partial charge on any atom is 0.409 e. The molecule has 0 unspecified atom stereocenters. The molecule has 6 nitrogen and oxygen atoms in total. The fraction of sp³-hybridized carbons (Fsp3) is 0.474. The summed E-state index contributed by atoms with van der Waals surface area (Å²) in [6.45, 7) is 1.31. The Hall–Kier alpha value is -2.50. The van der Waals surface area contributed by atoms with Crippen LogP contribution in [0.2, 0.25) is 0 Å². The van der Waals surface area contributed by atoms with Gasteiger partial charge in [0, 0.05) is 30.6 Å². The number of nitrogens with zero attached hydrogens (tertiary/aromatic N) is 1. The molecular formula is C19H23NO5. The van der Waals surface area contributed by atoms with Crippen molar-refractivity contribution in [2.75, 3.05) is 34.4 Å². The SMILES string of the molecule is COC(=O)N1CCC(C=C2Cc3cc(OC)c(OC)cc3C2=O)CC1. The predicted octanol–water partition coefficient (Wildman–Crippen LogP) is 2.85. The van der Waals surface area contributed by atoms with Crippen molar-refractivity contribution in [3.8, 4) is 11.5 Å². The molecule has 1 aliphatic heterocycles. The zero-order valence-corrected chi connectivity index (χ0v) is 14.8. The normalized spacial score (nSPS) is 19.1. The van der Waals surface area contributed by atoms with Gasteiger partial charge in [0.15, 0.2) is 17.3 Å². The number of piperidine rings is 1. The quantitative estimate of drug-likeness (QED) is 0.788. The fourth-order valence-electron chi connectivity index (χ4n) is 3.53. The number of allylic oxidation sites excluding steroid dienone is 2. The van der Waals surface area contributed by atoms with Crippen LogP contribution in [0.4, 0.5) is 4.79 Å². The van der Waals surface area contributed by atoms with Gasteiger partial charge in [0.1, 0.15) is 0 Å². The highest BCUT2D eigenvalue weighted by Gasteiger charge is 2.29. The molecule has 25 heavy (non-hydrogen) atoms. The van der Waals surface area contributed by atoms with Crippen LogP contribution in [0.15, 0.2) is 23.8 Å². The van der Waals surface area contributed by atoms with Gasteiger partial charge < -0.3 is 19.1 Å². The number of benzene rings is 1. The molecule has 0 bridgehead atoms. The smallest absolute Gasteiger partial charge is 0.409 e. The maximum absolute atomic E-state index is 12.7. The minimum absolute atomic E-state index is 0.0614. The number of Topliss-reactive ketones (excluding diaryl/α,β-unsaturated/α-hetero) is 1. The number of rotatable bonds is 3. The molecule has 0 spiro atoms. The van der Waals surface area contributed by atoms with E-state index in [1.807, 2.05) is 6.07 Å². The van der Waals surface area contributed by atoms with Crippen molar-refractivity contribution in [1.82, 2.24) is 4.90 Å². The maximum atomic E-state index is 12.7. The van der Waals surface area contributed by atoms with E-state index in [0.717, 1.165) is 24.0 Å². The number of hydrogen-bond acceptors (Lipinski definition) is 5. The lowest BCUT2D eigenvalue weighted by Gasteiger charge is -2.29. The zero-order chi connectivity index (χ0) is 18.0. The number of ketones is 1. The van der Waals surface area contributed by atoms with Gasteiger partial charge in [0.25, 0.3) is 0 Å². The number of ether oxygens (including phenoxy) is 3. The Labute approximate surface area is 147 Å². The number of hydrogen-bond donors (Lipinski definition) is 0. The lowest BCUT2D eigenvalue weighted by molar-refractivity contribution is 0.103. The van der Waals surface area contributed by atoms with E-state index >= 15 is 0 Å². The fourth-order valence-corrected chi connectivity index (χ4v) is 3.53. The Morgan fingerprint density at radius 1 is 1.12 bits per heavy atom. The molecule has 1 aromatic carbocycles. The first-order chi connectivity index (χ1) is 12.1. The minimum Gasteiger partial charge on any atom is -0.493 e. The van der Waals surface area contributed by atoms with Crippen LogP contribution in [0.5, 0.6) is 11.5 Å². The standard InChI is InChI=1S/C19H23NO5/c1-23-16-10-13-9-14(18(21)15(13)11-17(16)24-2)8-12-4-6-20(7-5-12)19(22)25-3/h8,10-12H,4-7,9H2,1-3H3. The van der Waals surface area contributed by atoms with Crippen molar-refractivity contribution in [3.63, 3.8) is 0 Å². The van der Waals surface area contributed by atoms with Gasteiger partial charge in [-0.25, -0.2) is 4.79 Å². The van der Waals surface area contributed by atoms with E-state index in [0.29, 0.717) is 42.5 Å². The predicted molar refractivity (Wildman–Crippen MR) is 92.4 cm³/mol. The van der Waals surface area contributed by atoms with Crippen molar-refractivity contribution in [3.05, 3.63) is 34.9 Å². The molecule has 1 fully saturated rings. The average Bonchev–Trinajstić information content (AvgIpc) is 2.95. The summed E-state index contributed by atoms with van der Waals surface area (Å²) in [6, 6.07) is 3.64. The van der Waals surface area contributed by atoms with Crippen LogP contribution in [0, 0.1) is 5.92 Å². The number of carbonyl (C=O) groups is 2. The van der Waals surface area contributed by atoms with Crippen molar-refractivity contribution in [2.45, 2.75) is 19.3 Å². The largest absolute Gasteiger partial charge is 0.493 e. The average molecular weight is 345 g/mol. The number of likely N-dealkylation sites (tertiary alicyclic amines) is 1. The van der Waals surface area contributed by atoms with Gasteiger partial charge in [0.2, 0.25) is 0 Å². The van der Waals surface area contributed by atoms with Crippen molar-refractivity contribution >= 4 is 11.9 Å².